The van der Waals surface area contributed by atoms with Gasteiger partial charge in [0.2, 0.25) is 5.78 Å². The van der Waals surface area contributed by atoms with E-state index in [-0.39, 0.29) is 11.8 Å². The number of hydrogen-bond donors (Lipinski definition) is 0. The first kappa shape index (κ1) is 11.8. The van der Waals surface area contributed by atoms with Crippen LogP contribution in [0.2, 0.25) is 0 Å². The van der Waals surface area contributed by atoms with Crippen molar-refractivity contribution in [1.82, 2.24) is 10.3 Å². The van der Waals surface area contributed by atoms with E-state index in [2.05, 4.69) is 23.3 Å². The molecule has 4 heteroatoms. The van der Waals surface area contributed by atoms with Gasteiger partial charge in [0.25, 0.3) is 0 Å². The molecule has 3 nitrogen and oxygen atoms in total. The predicted molar refractivity (Wildman–Crippen MR) is 73.3 cm³/mol. The van der Waals surface area contributed by atoms with Crippen LogP contribution in [0, 0.1) is 6.92 Å². The van der Waals surface area contributed by atoms with Crippen LogP contribution < -0.4 is 5.32 Å². The Balaban J connectivity index is 1.91. The van der Waals surface area contributed by atoms with Crippen molar-refractivity contribution < 1.29 is 4.79 Å². The Morgan fingerprint density at radius 3 is 3.06 bits per heavy atom. The van der Waals surface area contributed by atoms with Gasteiger partial charge in [-0.15, -0.1) is 11.3 Å². The number of nitrogens with zero attached hydrogens (tertiary/aromatic N) is 2. The zero-order valence-electron chi connectivity index (χ0n) is 10.3. The second-order valence-electron chi connectivity index (χ2n) is 4.77. The number of hydrogen-bond acceptors (Lipinski definition) is 3. The second-order valence-corrected chi connectivity index (χ2v) is 5.80. The van der Waals surface area contributed by atoms with Gasteiger partial charge in [0.15, 0.2) is 5.01 Å². The van der Waals surface area contributed by atoms with Gasteiger partial charge in [-0.2, -0.15) is 0 Å². The highest BCUT2D eigenvalue weighted by Crippen LogP contribution is 2.25. The smallest absolute Gasteiger partial charge is 0.209 e. The third-order valence-corrected chi connectivity index (χ3v) is 4.33. The van der Waals surface area contributed by atoms with Gasteiger partial charge in [-0.05, 0) is 37.5 Å². The molecule has 0 spiro atoms. The summed E-state index contributed by atoms with van der Waals surface area (Å²) in [5.41, 5.74) is 2.12. The quantitative estimate of drug-likeness (QED) is 0.778. The summed E-state index contributed by atoms with van der Waals surface area (Å²) in [6.45, 7) is 2.87. The summed E-state index contributed by atoms with van der Waals surface area (Å²) < 4.78 is 1.09. The summed E-state index contributed by atoms with van der Waals surface area (Å²) >= 11 is 1.49. The number of rotatable bonds is 2. The van der Waals surface area contributed by atoms with E-state index < -0.39 is 0 Å². The van der Waals surface area contributed by atoms with Crippen molar-refractivity contribution in [3.05, 3.63) is 28.8 Å². The largest absolute Gasteiger partial charge is 0.290 e. The molecule has 1 atom stereocenters. The van der Waals surface area contributed by atoms with Gasteiger partial charge in [0.05, 0.1) is 16.3 Å². The average Bonchev–Trinajstić information content (AvgIpc) is 2.81. The summed E-state index contributed by atoms with van der Waals surface area (Å²) in [6.07, 6.45) is 3.10. The minimum Gasteiger partial charge on any atom is -0.290 e. The molecule has 0 N–H and O–H groups in total. The van der Waals surface area contributed by atoms with Crippen LogP contribution in [0.15, 0.2) is 18.2 Å². The molecule has 1 radical (unpaired) electrons. The van der Waals surface area contributed by atoms with Crippen molar-refractivity contribution in [2.75, 3.05) is 6.54 Å². The van der Waals surface area contributed by atoms with Crippen LogP contribution in [0.5, 0.6) is 0 Å². The first-order valence-electron chi connectivity index (χ1n) is 6.32. The highest BCUT2D eigenvalue weighted by Gasteiger charge is 2.25. The number of carbonyl (C=O) groups excluding carboxylic acids is 1. The van der Waals surface area contributed by atoms with Crippen LogP contribution >= 0.6 is 11.3 Å². The maximum Gasteiger partial charge on any atom is 0.209 e. The van der Waals surface area contributed by atoms with Crippen molar-refractivity contribution in [3.63, 3.8) is 0 Å². The van der Waals surface area contributed by atoms with E-state index in [9.17, 15) is 4.79 Å². The summed E-state index contributed by atoms with van der Waals surface area (Å²) in [7, 11) is 0. The molecule has 3 rings (SSSR count). The Morgan fingerprint density at radius 2 is 2.28 bits per heavy atom. The van der Waals surface area contributed by atoms with E-state index in [1.807, 2.05) is 12.1 Å². The third kappa shape index (κ3) is 2.18. The maximum absolute atomic E-state index is 12.3. The van der Waals surface area contributed by atoms with E-state index in [1.54, 1.807) is 0 Å². The normalized spacial score (nSPS) is 20.2. The fourth-order valence-corrected chi connectivity index (χ4v) is 3.33. The van der Waals surface area contributed by atoms with Crippen LogP contribution in [0.4, 0.5) is 0 Å². The van der Waals surface area contributed by atoms with Gasteiger partial charge in [-0.1, -0.05) is 12.5 Å². The van der Waals surface area contributed by atoms with Gasteiger partial charge in [0, 0.05) is 6.54 Å². The van der Waals surface area contributed by atoms with Crippen molar-refractivity contribution in [1.29, 1.82) is 0 Å². The zero-order chi connectivity index (χ0) is 12.5. The minimum absolute atomic E-state index is 0.105. The number of carbonyl (C=O) groups is 1. The number of aryl methyl sites for hydroxylation is 1. The lowest BCUT2D eigenvalue weighted by molar-refractivity contribution is 0.0924. The fourth-order valence-electron chi connectivity index (χ4n) is 2.28. The minimum atomic E-state index is -0.152. The predicted octanol–water partition coefficient (Wildman–Crippen LogP) is 2.94. The van der Waals surface area contributed by atoms with Crippen molar-refractivity contribution in [2.24, 2.45) is 0 Å². The Morgan fingerprint density at radius 1 is 1.39 bits per heavy atom. The Bertz CT molecular complexity index is 584. The molecule has 1 unspecified atom stereocenters. The molecule has 1 fully saturated rings. The van der Waals surface area contributed by atoms with Gasteiger partial charge in [-0.3, -0.25) is 4.79 Å². The van der Waals surface area contributed by atoms with E-state index >= 15 is 0 Å². The maximum atomic E-state index is 12.3. The molecule has 1 aliphatic heterocycles. The molecular formula is C14H15N2OS. The molecule has 0 bridgehead atoms. The van der Waals surface area contributed by atoms with E-state index in [4.69, 9.17) is 0 Å². The summed E-state index contributed by atoms with van der Waals surface area (Å²) in [5, 5.41) is 5.03. The molecule has 1 aliphatic rings. The molecule has 0 saturated carbocycles. The van der Waals surface area contributed by atoms with Gasteiger partial charge in [-0.25, -0.2) is 10.3 Å². The zero-order valence-corrected chi connectivity index (χ0v) is 11.2. The standard InChI is InChI=1S/C14H15N2OS/c1-9-5-6-10-12(8-9)18-14(16-10)13(17)11-4-2-3-7-15-11/h5-6,8,11H,2-4,7H2,1H3. The van der Waals surface area contributed by atoms with Gasteiger partial charge in [0.1, 0.15) is 0 Å². The van der Waals surface area contributed by atoms with Crippen molar-refractivity contribution >= 4 is 27.3 Å². The highest BCUT2D eigenvalue weighted by atomic mass is 32.1. The summed E-state index contributed by atoms with van der Waals surface area (Å²) in [6, 6.07) is 5.94. The monoisotopic (exact) mass is 259 g/mol. The molecule has 93 valence electrons. The van der Waals surface area contributed by atoms with Crippen LogP contribution in [-0.2, 0) is 0 Å². The van der Waals surface area contributed by atoms with Crippen LogP contribution in [0.3, 0.4) is 0 Å². The van der Waals surface area contributed by atoms with Crippen LogP contribution in [-0.4, -0.2) is 23.4 Å². The number of thiazole rings is 1. The molecule has 2 heterocycles. The molecule has 1 saturated heterocycles. The highest BCUT2D eigenvalue weighted by molar-refractivity contribution is 7.20. The van der Waals surface area contributed by atoms with E-state index in [0.29, 0.717) is 5.01 Å². The number of aromatic nitrogens is 1. The third-order valence-electron chi connectivity index (χ3n) is 3.29. The van der Waals surface area contributed by atoms with E-state index in [0.717, 1.165) is 36.0 Å². The number of ketones is 1. The average molecular weight is 259 g/mol. The number of fused-ring (bicyclic) bond motifs is 1. The lowest BCUT2D eigenvalue weighted by Gasteiger charge is -2.18. The molecule has 1 aromatic carbocycles. The molecular weight excluding hydrogens is 244 g/mol. The van der Waals surface area contributed by atoms with Gasteiger partial charge < -0.3 is 0 Å². The van der Waals surface area contributed by atoms with Crippen molar-refractivity contribution in [3.8, 4) is 0 Å². The number of Topliss-reactive ketones (excluding diaryl/α,β-unsaturated/α-hetero) is 1. The van der Waals surface area contributed by atoms with Crippen LogP contribution in [0.25, 0.3) is 10.2 Å². The fraction of sp³-hybridized carbons (Fsp3) is 0.429. The molecule has 0 amide bonds. The Hall–Kier alpha value is -1.26. The topological polar surface area (TPSA) is 44.1 Å². The van der Waals surface area contributed by atoms with E-state index in [1.165, 1.54) is 16.9 Å². The van der Waals surface area contributed by atoms with Crippen LogP contribution in [0.1, 0.15) is 34.6 Å². The summed E-state index contributed by atoms with van der Waals surface area (Å²) in [4.78, 5) is 16.7. The summed E-state index contributed by atoms with van der Waals surface area (Å²) in [5.74, 6) is 0.105. The Kier molecular flexibility index (Phi) is 3.14. The Labute approximate surface area is 110 Å². The first-order valence-corrected chi connectivity index (χ1v) is 7.14. The second kappa shape index (κ2) is 4.78. The molecule has 2 aromatic rings. The molecule has 1 aromatic heterocycles. The molecule has 0 aliphatic carbocycles. The lowest BCUT2D eigenvalue weighted by Crippen LogP contribution is -2.35. The number of piperidine rings is 1. The van der Waals surface area contributed by atoms with Gasteiger partial charge >= 0.3 is 0 Å². The van der Waals surface area contributed by atoms with Crippen molar-refractivity contribution in [2.45, 2.75) is 32.2 Å². The lowest BCUT2D eigenvalue weighted by atomic mass is 10.0. The molecule has 18 heavy (non-hydrogen) atoms. The first-order chi connectivity index (χ1) is 8.74. The number of benzene rings is 1. The SMILES string of the molecule is Cc1ccc2nc(C(=O)C3CCCC[N]3)sc2c1.